The number of para-hydroxylation sites is 2. The number of nitrogens with zero attached hydrogens (tertiary/aromatic N) is 1. The van der Waals surface area contributed by atoms with E-state index in [0.717, 1.165) is 63.4 Å². The Bertz CT molecular complexity index is 571. The molecule has 3 aliphatic rings. The van der Waals surface area contributed by atoms with Crippen molar-refractivity contribution in [1.29, 1.82) is 0 Å². The number of nitrogens with one attached hydrogen (secondary N) is 3. The highest BCUT2D eigenvalue weighted by Crippen LogP contribution is 2.39. The van der Waals surface area contributed by atoms with Gasteiger partial charge in [-0.1, -0.05) is 12.1 Å². The van der Waals surface area contributed by atoms with E-state index in [1.54, 1.807) is 0 Å². The first kappa shape index (κ1) is 19.3. The van der Waals surface area contributed by atoms with Crippen LogP contribution in [0.15, 0.2) is 24.3 Å². The van der Waals surface area contributed by atoms with Crippen LogP contribution >= 0.6 is 24.8 Å². The first-order valence-corrected chi connectivity index (χ1v) is 8.39. The molecular weight excluding hydrogens is 347 g/mol. The van der Waals surface area contributed by atoms with Crippen molar-refractivity contribution < 1.29 is 4.79 Å². The Kier molecular flexibility index (Phi) is 6.37. The highest BCUT2D eigenvalue weighted by molar-refractivity contribution is 6.08. The van der Waals surface area contributed by atoms with E-state index in [0.29, 0.717) is 5.92 Å². The summed E-state index contributed by atoms with van der Waals surface area (Å²) in [6.07, 6.45) is 2.88. The van der Waals surface area contributed by atoms with Crippen LogP contribution in [0.2, 0.25) is 0 Å². The van der Waals surface area contributed by atoms with Crippen molar-refractivity contribution in [2.75, 3.05) is 42.9 Å². The molecule has 0 bridgehead atoms. The van der Waals surface area contributed by atoms with Crippen LogP contribution in [-0.2, 0) is 4.79 Å². The minimum atomic E-state index is -0.411. The Hall–Kier alpha value is -1.01. The maximum absolute atomic E-state index is 13.3. The van der Waals surface area contributed by atoms with Crippen LogP contribution in [0.5, 0.6) is 0 Å². The molecule has 0 aliphatic carbocycles. The van der Waals surface area contributed by atoms with Gasteiger partial charge in [-0.25, -0.2) is 0 Å². The number of carbonyl (C=O) groups excluding carboxylic acids is 1. The number of carbonyl (C=O) groups is 1. The van der Waals surface area contributed by atoms with Crippen LogP contribution in [0.3, 0.4) is 0 Å². The maximum atomic E-state index is 13.3. The van der Waals surface area contributed by atoms with Crippen LogP contribution in [0, 0.1) is 5.92 Å². The molecule has 1 atom stereocenters. The van der Waals surface area contributed by atoms with E-state index in [1.165, 1.54) is 0 Å². The quantitative estimate of drug-likeness (QED) is 0.743. The molecule has 3 N–H and O–H groups in total. The molecule has 1 aromatic rings. The van der Waals surface area contributed by atoms with E-state index in [9.17, 15) is 4.79 Å². The van der Waals surface area contributed by atoms with Crippen LogP contribution in [-0.4, -0.2) is 44.2 Å². The molecule has 4 rings (SSSR count). The minimum absolute atomic E-state index is 0. The second-order valence-corrected chi connectivity index (χ2v) is 6.75. The van der Waals surface area contributed by atoms with E-state index in [2.05, 4.69) is 33.0 Å². The fourth-order valence-corrected chi connectivity index (χ4v) is 4.00. The minimum Gasteiger partial charge on any atom is -0.369 e. The van der Waals surface area contributed by atoms with Crippen LogP contribution in [0.4, 0.5) is 11.4 Å². The van der Waals surface area contributed by atoms with Crippen molar-refractivity contribution in [1.82, 2.24) is 10.6 Å². The van der Waals surface area contributed by atoms with Crippen molar-refractivity contribution in [3.8, 4) is 0 Å². The third-order valence-electron chi connectivity index (χ3n) is 5.28. The van der Waals surface area contributed by atoms with Gasteiger partial charge in [0, 0.05) is 6.54 Å². The molecule has 1 unspecified atom stereocenters. The van der Waals surface area contributed by atoms with Gasteiger partial charge in [0.2, 0.25) is 0 Å². The van der Waals surface area contributed by atoms with Crippen LogP contribution < -0.4 is 20.9 Å². The van der Waals surface area contributed by atoms with E-state index < -0.39 is 5.54 Å². The molecule has 1 spiro atoms. The molecule has 5 nitrogen and oxygen atoms in total. The molecule has 1 amide bonds. The van der Waals surface area contributed by atoms with Crippen molar-refractivity contribution in [3.05, 3.63) is 24.3 Å². The predicted molar refractivity (Wildman–Crippen MR) is 103 cm³/mol. The lowest BCUT2D eigenvalue weighted by Crippen LogP contribution is -2.62. The van der Waals surface area contributed by atoms with Gasteiger partial charge in [0.25, 0.3) is 5.91 Å². The number of rotatable bonds is 2. The summed E-state index contributed by atoms with van der Waals surface area (Å²) in [6, 6.07) is 8.24. The topological polar surface area (TPSA) is 56.4 Å². The molecule has 7 heteroatoms. The van der Waals surface area contributed by atoms with Gasteiger partial charge in [-0.3, -0.25) is 4.79 Å². The average Bonchev–Trinajstić information content (AvgIpc) is 3.06. The van der Waals surface area contributed by atoms with E-state index in [-0.39, 0.29) is 30.7 Å². The molecule has 0 aromatic heterocycles. The Morgan fingerprint density at radius 3 is 2.54 bits per heavy atom. The maximum Gasteiger partial charge on any atom is 0.252 e. The molecule has 2 fully saturated rings. The van der Waals surface area contributed by atoms with Crippen LogP contribution in [0.25, 0.3) is 0 Å². The summed E-state index contributed by atoms with van der Waals surface area (Å²) < 4.78 is 0. The summed E-state index contributed by atoms with van der Waals surface area (Å²) in [6.45, 7) is 4.73. The fourth-order valence-electron chi connectivity index (χ4n) is 4.00. The molecule has 3 heterocycles. The molecule has 1 aromatic carbocycles. The molecule has 134 valence electrons. The highest BCUT2D eigenvalue weighted by atomic mass is 35.5. The van der Waals surface area contributed by atoms with Crippen molar-refractivity contribution >= 4 is 42.1 Å². The number of amides is 1. The lowest BCUT2D eigenvalue weighted by molar-refractivity contribution is -0.124. The third-order valence-corrected chi connectivity index (χ3v) is 5.28. The number of hydrogen-bond acceptors (Lipinski definition) is 4. The SMILES string of the molecule is Cl.Cl.O=C1N(CC2CCNC2)c2ccccc2NC12CCNCC2. The number of piperidine rings is 1. The Morgan fingerprint density at radius 2 is 1.83 bits per heavy atom. The predicted octanol–water partition coefficient (Wildman–Crippen LogP) is 2.02. The summed E-state index contributed by atoms with van der Waals surface area (Å²) >= 11 is 0. The van der Waals surface area contributed by atoms with Crippen molar-refractivity contribution in [2.45, 2.75) is 24.8 Å². The van der Waals surface area contributed by atoms with Gasteiger partial charge in [-0.05, 0) is 63.5 Å². The zero-order valence-electron chi connectivity index (χ0n) is 13.7. The zero-order valence-corrected chi connectivity index (χ0v) is 15.3. The molecule has 3 aliphatic heterocycles. The summed E-state index contributed by atoms with van der Waals surface area (Å²) in [5, 5.41) is 10.3. The highest BCUT2D eigenvalue weighted by Gasteiger charge is 2.46. The molecule has 0 saturated carbocycles. The normalized spacial score (nSPS) is 24.6. The Morgan fingerprint density at radius 1 is 1.08 bits per heavy atom. The lowest BCUT2D eigenvalue weighted by Gasteiger charge is -2.46. The van der Waals surface area contributed by atoms with E-state index in [1.807, 2.05) is 12.1 Å². The summed E-state index contributed by atoms with van der Waals surface area (Å²) in [5.41, 5.74) is 1.74. The largest absolute Gasteiger partial charge is 0.369 e. The van der Waals surface area contributed by atoms with Gasteiger partial charge < -0.3 is 20.9 Å². The Labute approximate surface area is 155 Å². The molecule has 0 radical (unpaired) electrons. The number of fused-ring (bicyclic) bond motifs is 1. The van der Waals surface area contributed by atoms with E-state index in [4.69, 9.17) is 0 Å². The van der Waals surface area contributed by atoms with Crippen molar-refractivity contribution in [2.24, 2.45) is 5.92 Å². The van der Waals surface area contributed by atoms with Crippen LogP contribution in [0.1, 0.15) is 19.3 Å². The van der Waals surface area contributed by atoms with Gasteiger partial charge in [0.1, 0.15) is 5.54 Å². The molecule has 24 heavy (non-hydrogen) atoms. The lowest BCUT2D eigenvalue weighted by atomic mass is 9.84. The fraction of sp³-hybridized carbons (Fsp3) is 0.588. The van der Waals surface area contributed by atoms with Crippen molar-refractivity contribution in [3.63, 3.8) is 0 Å². The molecular formula is C17H26Cl2N4O. The van der Waals surface area contributed by atoms with Gasteiger partial charge >= 0.3 is 0 Å². The second kappa shape index (κ2) is 7.91. The summed E-state index contributed by atoms with van der Waals surface area (Å²) in [7, 11) is 0. The Balaban J connectivity index is 0.00000104. The number of halogens is 2. The average molecular weight is 373 g/mol. The van der Waals surface area contributed by atoms with Gasteiger partial charge in [-0.15, -0.1) is 24.8 Å². The number of hydrogen-bond donors (Lipinski definition) is 3. The van der Waals surface area contributed by atoms with Gasteiger partial charge in [0.15, 0.2) is 0 Å². The van der Waals surface area contributed by atoms with E-state index >= 15 is 0 Å². The van der Waals surface area contributed by atoms with Gasteiger partial charge in [-0.2, -0.15) is 0 Å². The summed E-state index contributed by atoms with van der Waals surface area (Å²) in [4.78, 5) is 15.3. The molecule has 2 saturated heterocycles. The standard InChI is InChI=1S/C17H24N4O.2ClH/c22-16-17(6-9-18-10-7-17)20-14-3-1-2-4-15(14)21(16)12-13-5-8-19-11-13;;/h1-4,13,18-20H,5-12H2;2*1H. The first-order valence-electron chi connectivity index (χ1n) is 8.39. The number of anilines is 2. The first-order chi connectivity index (χ1) is 10.8. The zero-order chi connectivity index (χ0) is 15.0. The van der Waals surface area contributed by atoms with Gasteiger partial charge in [0.05, 0.1) is 11.4 Å². The smallest absolute Gasteiger partial charge is 0.252 e. The number of benzene rings is 1. The second-order valence-electron chi connectivity index (χ2n) is 6.75. The summed E-state index contributed by atoms with van der Waals surface area (Å²) in [5.74, 6) is 0.827. The monoisotopic (exact) mass is 372 g/mol. The third kappa shape index (κ3) is 3.36.